The zero-order valence-corrected chi connectivity index (χ0v) is 6.36. The van der Waals surface area contributed by atoms with E-state index in [-0.39, 0.29) is 0 Å². The molecule has 3 heteroatoms. The van der Waals surface area contributed by atoms with Crippen LogP contribution in [0.15, 0.2) is 0 Å². The molecular weight excluding hydrogens is 143 g/mol. The molecule has 60 valence electrons. The first-order valence-electron chi connectivity index (χ1n) is 4.03. The smallest absolute Gasteiger partial charge is 0.134 e. The van der Waals surface area contributed by atoms with Gasteiger partial charge in [0.15, 0.2) is 0 Å². The van der Waals surface area contributed by atoms with E-state index >= 15 is 0 Å². The number of aryl methyl sites for hydroxylation is 1. The summed E-state index contributed by atoms with van der Waals surface area (Å²) in [4.78, 5) is 0. The SMILES string of the molecule is FCc1n[nH]c2c1CCCC2. The first-order chi connectivity index (χ1) is 5.42. The number of hydrogen-bond donors (Lipinski definition) is 1. The van der Waals surface area contributed by atoms with E-state index in [9.17, 15) is 4.39 Å². The standard InChI is InChI=1S/C8H11FN2/c9-5-8-6-3-1-2-4-7(6)10-11-8/h1-5H2,(H,10,11). The molecule has 0 saturated heterocycles. The second-order valence-electron chi connectivity index (χ2n) is 2.97. The summed E-state index contributed by atoms with van der Waals surface area (Å²) < 4.78 is 12.3. The fourth-order valence-electron chi connectivity index (χ4n) is 1.66. The zero-order chi connectivity index (χ0) is 7.68. The van der Waals surface area contributed by atoms with Crippen LogP contribution in [0.25, 0.3) is 0 Å². The van der Waals surface area contributed by atoms with Gasteiger partial charge >= 0.3 is 0 Å². The summed E-state index contributed by atoms with van der Waals surface area (Å²) in [5, 5.41) is 6.80. The van der Waals surface area contributed by atoms with E-state index in [2.05, 4.69) is 10.2 Å². The van der Waals surface area contributed by atoms with Crippen LogP contribution >= 0.6 is 0 Å². The van der Waals surface area contributed by atoms with Crippen molar-refractivity contribution < 1.29 is 4.39 Å². The molecule has 1 N–H and O–H groups in total. The van der Waals surface area contributed by atoms with Crippen LogP contribution in [-0.4, -0.2) is 10.2 Å². The van der Waals surface area contributed by atoms with Crippen molar-refractivity contribution in [3.63, 3.8) is 0 Å². The highest BCUT2D eigenvalue weighted by Crippen LogP contribution is 2.22. The molecule has 0 fully saturated rings. The number of alkyl halides is 1. The van der Waals surface area contributed by atoms with Gasteiger partial charge in [0, 0.05) is 5.69 Å². The molecule has 0 amide bonds. The van der Waals surface area contributed by atoms with Crippen molar-refractivity contribution in [1.29, 1.82) is 0 Å². The summed E-state index contributed by atoms with van der Waals surface area (Å²) in [6.45, 7) is -0.425. The maximum atomic E-state index is 12.3. The molecule has 0 saturated carbocycles. The van der Waals surface area contributed by atoms with Gasteiger partial charge in [0.25, 0.3) is 0 Å². The Morgan fingerprint density at radius 3 is 3.00 bits per heavy atom. The van der Waals surface area contributed by atoms with Crippen molar-refractivity contribution in [3.8, 4) is 0 Å². The van der Waals surface area contributed by atoms with Crippen LogP contribution in [0, 0.1) is 0 Å². The van der Waals surface area contributed by atoms with Crippen LogP contribution in [0.4, 0.5) is 4.39 Å². The van der Waals surface area contributed by atoms with Crippen LogP contribution < -0.4 is 0 Å². The maximum Gasteiger partial charge on any atom is 0.134 e. The Hall–Kier alpha value is -0.860. The fraction of sp³-hybridized carbons (Fsp3) is 0.625. The van der Waals surface area contributed by atoms with Gasteiger partial charge in [0.05, 0.1) is 5.69 Å². The number of nitrogens with zero attached hydrogens (tertiary/aromatic N) is 1. The van der Waals surface area contributed by atoms with Crippen molar-refractivity contribution >= 4 is 0 Å². The number of aromatic nitrogens is 2. The lowest BCUT2D eigenvalue weighted by molar-refractivity contribution is 0.471. The third-order valence-corrected chi connectivity index (χ3v) is 2.27. The molecule has 0 bridgehead atoms. The molecule has 1 aromatic rings. The number of halogens is 1. The van der Waals surface area contributed by atoms with E-state index < -0.39 is 6.67 Å². The summed E-state index contributed by atoms with van der Waals surface area (Å²) in [6.07, 6.45) is 4.44. The van der Waals surface area contributed by atoms with E-state index in [4.69, 9.17) is 0 Å². The monoisotopic (exact) mass is 154 g/mol. The Bertz CT molecular complexity index is 241. The molecule has 0 spiro atoms. The average molecular weight is 154 g/mol. The van der Waals surface area contributed by atoms with Crippen molar-refractivity contribution in [2.45, 2.75) is 32.4 Å². The van der Waals surface area contributed by atoms with Crippen LogP contribution in [0.1, 0.15) is 29.8 Å². The summed E-state index contributed by atoms with van der Waals surface area (Å²) in [5.74, 6) is 0. The van der Waals surface area contributed by atoms with Gasteiger partial charge in [-0.2, -0.15) is 5.10 Å². The molecule has 2 rings (SSSR count). The summed E-state index contributed by atoms with van der Waals surface area (Å²) in [5.41, 5.74) is 2.92. The van der Waals surface area contributed by atoms with Crippen molar-refractivity contribution in [2.75, 3.05) is 0 Å². The normalized spacial score (nSPS) is 16.5. The van der Waals surface area contributed by atoms with Gasteiger partial charge in [-0.3, -0.25) is 5.10 Å². The highest BCUT2D eigenvalue weighted by atomic mass is 19.1. The first kappa shape index (κ1) is 6.83. The molecule has 11 heavy (non-hydrogen) atoms. The summed E-state index contributed by atoms with van der Waals surface area (Å²) in [7, 11) is 0. The minimum Gasteiger partial charge on any atom is -0.282 e. The lowest BCUT2D eigenvalue weighted by Crippen LogP contribution is -2.01. The Kier molecular flexibility index (Phi) is 1.64. The number of hydrogen-bond acceptors (Lipinski definition) is 1. The number of nitrogens with one attached hydrogen (secondary N) is 1. The fourth-order valence-corrected chi connectivity index (χ4v) is 1.66. The van der Waals surface area contributed by atoms with Crippen LogP contribution in [0.3, 0.4) is 0 Å². The number of H-pyrrole nitrogens is 1. The van der Waals surface area contributed by atoms with E-state index in [1.807, 2.05) is 0 Å². The van der Waals surface area contributed by atoms with Gasteiger partial charge in [-0.15, -0.1) is 0 Å². The number of aromatic amines is 1. The second kappa shape index (κ2) is 2.64. The van der Waals surface area contributed by atoms with E-state index in [1.165, 1.54) is 12.8 Å². The minimum atomic E-state index is -0.425. The van der Waals surface area contributed by atoms with E-state index in [0.717, 1.165) is 24.1 Å². The summed E-state index contributed by atoms with van der Waals surface area (Å²) >= 11 is 0. The maximum absolute atomic E-state index is 12.3. The predicted octanol–water partition coefficient (Wildman–Crippen LogP) is 1.76. The topological polar surface area (TPSA) is 28.7 Å². The Morgan fingerprint density at radius 1 is 1.36 bits per heavy atom. The van der Waals surface area contributed by atoms with E-state index in [1.54, 1.807) is 0 Å². The highest BCUT2D eigenvalue weighted by molar-refractivity contribution is 5.26. The molecule has 0 atom stereocenters. The number of fused-ring (bicyclic) bond motifs is 1. The van der Waals surface area contributed by atoms with E-state index in [0.29, 0.717) is 5.69 Å². The molecule has 2 nitrogen and oxygen atoms in total. The Labute approximate surface area is 64.8 Å². The minimum absolute atomic E-state index is 0.425. The van der Waals surface area contributed by atoms with Gasteiger partial charge in [-0.05, 0) is 31.2 Å². The van der Waals surface area contributed by atoms with Crippen molar-refractivity contribution in [1.82, 2.24) is 10.2 Å². The van der Waals surface area contributed by atoms with Gasteiger partial charge in [0.1, 0.15) is 6.67 Å². The zero-order valence-electron chi connectivity index (χ0n) is 6.36. The molecule has 1 aliphatic carbocycles. The molecule has 0 unspecified atom stereocenters. The van der Waals surface area contributed by atoms with Gasteiger partial charge < -0.3 is 0 Å². The van der Waals surface area contributed by atoms with Crippen molar-refractivity contribution in [2.24, 2.45) is 0 Å². The quantitative estimate of drug-likeness (QED) is 0.656. The number of rotatable bonds is 1. The molecule has 1 aromatic heterocycles. The van der Waals surface area contributed by atoms with Crippen LogP contribution in [0.2, 0.25) is 0 Å². The van der Waals surface area contributed by atoms with Crippen LogP contribution in [0.5, 0.6) is 0 Å². The van der Waals surface area contributed by atoms with Gasteiger partial charge in [-0.1, -0.05) is 0 Å². The van der Waals surface area contributed by atoms with Crippen LogP contribution in [-0.2, 0) is 19.5 Å². The molecular formula is C8H11FN2. The lowest BCUT2D eigenvalue weighted by Gasteiger charge is -2.09. The Morgan fingerprint density at radius 2 is 2.18 bits per heavy atom. The highest BCUT2D eigenvalue weighted by Gasteiger charge is 2.15. The molecule has 0 aliphatic heterocycles. The first-order valence-corrected chi connectivity index (χ1v) is 4.03. The Balaban J connectivity index is 2.38. The molecule has 0 aromatic carbocycles. The molecule has 1 aliphatic rings. The predicted molar refractivity (Wildman–Crippen MR) is 40.0 cm³/mol. The third-order valence-electron chi connectivity index (χ3n) is 2.27. The third kappa shape index (κ3) is 1.04. The van der Waals surface area contributed by atoms with Crippen molar-refractivity contribution in [3.05, 3.63) is 17.0 Å². The average Bonchev–Trinajstić information content (AvgIpc) is 2.47. The van der Waals surface area contributed by atoms with Gasteiger partial charge in [-0.25, -0.2) is 4.39 Å². The second-order valence-corrected chi connectivity index (χ2v) is 2.97. The molecule has 1 heterocycles. The van der Waals surface area contributed by atoms with Gasteiger partial charge in [0.2, 0.25) is 0 Å². The summed E-state index contributed by atoms with van der Waals surface area (Å²) in [6, 6.07) is 0. The lowest BCUT2D eigenvalue weighted by atomic mass is 9.96. The largest absolute Gasteiger partial charge is 0.282 e. The molecule has 0 radical (unpaired) electrons.